The first-order valence-electron chi connectivity index (χ1n) is 7.45. The maximum absolute atomic E-state index is 13.6. The Morgan fingerprint density at radius 2 is 2.04 bits per heavy atom. The van der Waals surface area contributed by atoms with Gasteiger partial charge in [0, 0.05) is 24.2 Å². The minimum Gasteiger partial charge on any atom is -0.495 e. The molecule has 0 radical (unpaired) electrons. The van der Waals surface area contributed by atoms with Crippen LogP contribution in [0.2, 0.25) is 0 Å². The number of anilines is 1. The van der Waals surface area contributed by atoms with Gasteiger partial charge in [-0.1, -0.05) is 18.2 Å². The number of methoxy groups -OCH3 is 1. The summed E-state index contributed by atoms with van der Waals surface area (Å²) in [4.78, 5) is 24.1. The molecule has 0 aliphatic heterocycles. The third kappa shape index (κ3) is 4.98. The zero-order valence-electron chi connectivity index (χ0n) is 13.9. The lowest BCUT2D eigenvalue weighted by molar-refractivity contribution is -0.384. The molecule has 8 heteroatoms. The fourth-order valence-electron chi connectivity index (χ4n) is 2.32. The number of benzene rings is 2. The summed E-state index contributed by atoms with van der Waals surface area (Å²) < 4.78 is 18.7. The molecule has 0 aromatic heterocycles. The molecule has 0 aliphatic rings. The van der Waals surface area contributed by atoms with Crippen molar-refractivity contribution in [2.24, 2.45) is 0 Å². The zero-order valence-corrected chi connectivity index (χ0v) is 13.9. The van der Waals surface area contributed by atoms with E-state index in [2.05, 4.69) is 5.32 Å². The van der Waals surface area contributed by atoms with E-state index in [1.165, 1.54) is 31.4 Å². The Hall–Kier alpha value is -3.00. The van der Waals surface area contributed by atoms with Crippen molar-refractivity contribution in [1.29, 1.82) is 0 Å². The van der Waals surface area contributed by atoms with Gasteiger partial charge in [0.25, 0.3) is 5.69 Å². The van der Waals surface area contributed by atoms with E-state index in [-0.39, 0.29) is 30.3 Å². The van der Waals surface area contributed by atoms with Crippen molar-refractivity contribution in [1.82, 2.24) is 4.90 Å². The molecule has 25 heavy (non-hydrogen) atoms. The van der Waals surface area contributed by atoms with Gasteiger partial charge in [0.05, 0.1) is 24.3 Å². The maximum atomic E-state index is 13.6. The second-order valence-electron chi connectivity index (χ2n) is 5.45. The van der Waals surface area contributed by atoms with Gasteiger partial charge in [-0.25, -0.2) is 4.39 Å². The van der Waals surface area contributed by atoms with Crippen molar-refractivity contribution >= 4 is 17.3 Å². The number of nitro benzene ring substituents is 1. The van der Waals surface area contributed by atoms with Crippen molar-refractivity contribution in [3.8, 4) is 5.75 Å². The molecular weight excluding hydrogens is 329 g/mol. The van der Waals surface area contributed by atoms with E-state index in [9.17, 15) is 19.3 Å². The van der Waals surface area contributed by atoms with Crippen LogP contribution < -0.4 is 10.1 Å². The molecule has 0 unspecified atom stereocenters. The van der Waals surface area contributed by atoms with Gasteiger partial charge in [-0.3, -0.25) is 19.8 Å². The lowest BCUT2D eigenvalue weighted by Crippen LogP contribution is -2.30. The Kier molecular flexibility index (Phi) is 6.02. The van der Waals surface area contributed by atoms with Crippen LogP contribution in [0.15, 0.2) is 42.5 Å². The molecular formula is C17H18FN3O4. The van der Waals surface area contributed by atoms with Crippen LogP contribution in [0.5, 0.6) is 5.75 Å². The van der Waals surface area contributed by atoms with Crippen molar-refractivity contribution in [3.05, 3.63) is 64.0 Å². The minimum atomic E-state index is -0.556. The van der Waals surface area contributed by atoms with E-state index in [1.807, 2.05) is 0 Å². The van der Waals surface area contributed by atoms with Gasteiger partial charge in [0.15, 0.2) is 0 Å². The van der Waals surface area contributed by atoms with E-state index in [1.54, 1.807) is 30.1 Å². The van der Waals surface area contributed by atoms with Crippen LogP contribution >= 0.6 is 0 Å². The zero-order chi connectivity index (χ0) is 18.4. The number of hydrogen-bond acceptors (Lipinski definition) is 5. The van der Waals surface area contributed by atoms with E-state index in [0.717, 1.165) is 0 Å². The molecule has 0 saturated carbocycles. The Balaban J connectivity index is 2.03. The molecule has 0 atom stereocenters. The quantitative estimate of drug-likeness (QED) is 0.615. The molecule has 0 heterocycles. The summed E-state index contributed by atoms with van der Waals surface area (Å²) in [6, 6.07) is 10.3. The number of nitro groups is 1. The summed E-state index contributed by atoms with van der Waals surface area (Å²) in [5.41, 5.74) is 0.530. The van der Waals surface area contributed by atoms with Crippen LogP contribution in [0.3, 0.4) is 0 Å². The highest BCUT2D eigenvalue weighted by Crippen LogP contribution is 2.28. The first-order chi connectivity index (χ1) is 11.9. The first-order valence-corrected chi connectivity index (χ1v) is 7.45. The van der Waals surface area contributed by atoms with Gasteiger partial charge in [-0.05, 0) is 19.2 Å². The number of halogens is 1. The van der Waals surface area contributed by atoms with Crippen LogP contribution in [0.25, 0.3) is 0 Å². The number of amides is 1. The van der Waals surface area contributed by atoms with Gasteiger partial charge in [0.1, 0.15) is 11.6 Å². The summed E-state index contributed by atoms with van der Waals surface area (Å²) >= 11 is 0. The highest BCUT2D eigenvalue weighted by atomic mass is 19.1. The number of carbonyl (C=O) groups is 1. The van der Waals surface area contributed by atoms with E-state index >= 15 is 0 Å². The molecule has 2 aromatic rings. The van der Waals surface area contributed by atoms with Gasteiger partial charge >= 0.3 is 0 Å². The van der Waals surface area contributed by atoms with Gasteiger partial charge in [-0.2, -0.15) is 0 Å². The summed E-state index contributed by atoms with van der Waals surface area (Å²) in [6.45, 7) is 0.242. The molecule has 2 rings (SSSR count). The fourth-order valence-corrected chi connectivity index (χ4v) is 2.32. The van der Waals surface area contributed by atoms with Crippen LogP contribution in [0.1, 0.15) is 5.56 Å². The molecule has 0 aliphatic carbocycles. The monoisotopic (exact) mass is 347 g/mol. The van der Waals surface area contributed by atoms with E-state index in [0.29, 0.717) is 11.3 Å². The third-order valence-corrected chi connectivity index (χ3v) is 3.48. The summed E-state index contributed by atoms with van der Waals surface area (Å²) in [6.07, 6.45) is 0. The fraction of sp³-hybridized carbons (Fsp3) is 0.235. The van der Waals surface area contributed by atoms with Crippen LogP contribution in [-0.2, 0) is 11.3 Å². The van der Waals surface area contributed by atoms with E-state index < -0.39 is 10.8 Å². The third-order valence-electron chi connectivity index (χ3n) is 3.48. The number of carbonyl (C=O) groups excluding carboxylic acids is 1. The number of nitrogens with zero attached hydrogens (tertiary/aromatic N) is 2. The summed E-state index contributed by atoms with van der Waals surface area (Å²) in [7, 11) is 3.08. The number of nitrogens with one attached hydrogen (secondary N) is 1. The Morgan fingerprint density at radius 1 is 1.32 bits per heavy atom. The Morgan fingerprint density at radius 3 is 2.68 bits per heavy atom. The Bertz CT molecular complexity index is 782. The highest BCUT2D eigenvalue weighted by Gasteiger charge is 2.15. The van der Waals surface area contributed by atoms with Crippen molar-refractivity contribution in [2.45, 2.75) is 6.54 Å². The van der Waals surface area contributed by atoms with Crippen LogP contribution in [-0.4, -0.2) is 36.4 Å². The molecule has 0 fully saturated rings. The summed E-state index contributed by atoms with van der Waals surface area (Å²) in [5, 5.41) is 13.4. The number of likely N-dealkylation sites (N-methyl/N-ethyl adjacent to an activating group) is 1. The molecule has 0 bridgehead atoms. The molecule has 0 spiro atoms. The predicted molar refractivity (Wildman–Crippen MR) is 91.0 cm³/mol. The molecule has 2 aromatic carbocycles. The molecule has 132 valence electrons. The van der Waals surface area contributed by atoms with Gasteiger partial charge < -0.3 is 10.1 Å². The van der Waals surface area contributed by atoms with E-state index in [4.69, 9.17) is 4.74 Å². The van der Waals surface area contributed by atoms with Crippen LogP contribution in [0, 0.1) is 15.9 Å². The standard InChI is InChI=1S/C17H18FN3O4/c1-20(10-12-5-3-4-6-14(12)18)11-17(22)19-15-9-13(21(23)24)7-8-16(15)25-2/h3-9H,10-11H2,1-2H3,(H,19,22). The van der Waals surface area contributed by atoms with Crippen LogP contribution in [0.4, 0.5) is 15.8 Å². The second-order valence-corrected chi connectivity index (χ2v) is 5.45. The van der Waals surface area contributed by atoms with Crippen molar-refractivity contribution in [3.63, 3.8) is 0 Å². The number of non-ortho nitro benzene ring substituents is 1. The smallest absolute Gasteiger partial charge is 0.271 e. The average molecular weight is 347 g/mol. The lowest BCUT2D eigenvalue weighted by Gasteiger charge is -2.17. The predicted octanol–water partition coefficient (Wildman–Crippen LogP) is 2.81. The molecule has 1 N–H and O–H groups in total. The highest BCUT2D eigenvalue weighted by molar-refractivity contribution is 5.94. The normalized spacial score (nSPS) is 10.6. The molecule has 0 saturated heterocycles. The van der Waals surface area contributed by atoms with Crippen molar-refractivity contribution < 1.29 is 18.8 Å². The topological polar surface area (TPSA) is 84.7 Å². The first kappa shape index (κ1) is 18.3. The average Bonchev–Trinajstić information content (AvgIpc) is 2.56. The maximum Gasteiger partial charge on any atom is 0.271 e. The molecule has 7 nitrogen and oxygen atoms in total. The lowest BCUT2D eigenvalue weighted by atomic mass is 10.2. The van der Waals surface area contributed by atoms with Crippen molar-refractivity contribution in [2.75, 3.05) is 26.0 Å². The minimum absolute atomic E-state index is 0.0137. The summed E-state index contributed by atoms with van der Waals surface area (Å²) in [5.74, 6) is -0.413. The SMILES string of the molecule is COc1ccc([N+](=O)[O-])cc1NC(=O)CN(C)Cc1ccccc1F. The number of rotatable bonds is 7. The number of hydrogen-bond donors (Lipinski definition) is 1. The van der Waals surface area contributed by atoms with Gasteiger partial charge in [-0.15, -0.1) is 0 Å². The Labute approximate surface area is 144 Å². The largest absolute Gasteiger partial charge is 0.495 e. The molecule has 1 amide bonds. The second kappa shape index (κ2) is 8.20. The van der Waals surface area contributed by atoms with Gasteiger partial charge in [0.2, 0.25) is 5.91 Å². The number of ether oxygens (including phenoxy) is 1.